The number of nitrogens with two attached hydrogens (primary N) is 1. The standard InChI is InChI=1S/C10H20N2O2/c1-5-6-9(11)10(13)12(3)8(2)7-14-4/h5,8-9H,1,6-7,11H2,2-4H3. The Hall–Kier alpha value is -0.870. The Morgan fingerprint density at radius 3 is 2.71 bits per heavy atom. The molecule has 0 bridgehead atoms. The van der Waals surface area contributed by atoms with Crippen LogP contribution < -0.4 is 5.73 Å². The molecule has 82 valence electrons. The minimum absolute atomic E-state index is 0.0448. The number of amides is 1. The maximum atomic E-state index is 11.6. The molecular weight excluding hydrogens is 180 g/mol. The third-order valence-electron chi connectivity index (χ3n) is 2.15. The molecule has 0 heterocycles. The molecule has 0 aromatic carbocycles. The van der Waals surface area contributed by atoms with E-state index in [0.29, 0.717) is 13.0 Å². The summed E-state index contributed by atoms with van der Waals surface area (Å²) in [6.45, 7) is 5.98. The van der Waals surface area contributed by atoms with E-state index in [1.54, 1.807) is 25.1 Å². The van der Waals surface area contributed by atoms with Crippen LogP contribution in [-0.2, 0) is 9.53 Å². The lowest BCUT2D eigenvalue weighted by Crippen LogP contribution is -2.46. The number of methoxy groups -OCH3 is 1. The highest BCUT2D eigenvalue weighted by Crippen LogP contribution is 2.01. The van der Waals surface area contributed by atoms with Crippen LogP contribution in [0.15, 0.2) is 12.7 Å². The first-order chi connectivity index (χ1) is 6.54. The predicted octanol–water partition coefficient (Wildman–Crippen LogP) is 0.383. The highest BCUT2D eigenvalue weighted by Gasteiger charge is 2.20. The summed E-state index contributed by atoms with van der Waals surface area (Å²) in [4.78, 5) is 13.3. The number of carbonyl (C=O) groups excluding carboxylic acids is 1. The van der Waals surface area contributed by atoms with E-state index in [2.05, 4.69) is 6.58 Å². The molecule has 2 atom stereocenters. The van der Waals surface area contributed by atoms with Gasteiger partial charge in [-0.05, 0) is 13.3 Å². The van der Waals surface area contributed by atoms with Crippen LogP contribution >= 0.6 is 0 Å². The fraction of sp³-hybridized carbons (Fsp3) is 0.700. The van der Waals surface area contributed by atoms with E-state index in [9.17, 15) is 4.79 Å². The molecule has 2 N–H and O–H groups in total. The van der Waals surface area contributed by atoms with Crippen LogP contribution in [0.4, 0.5) is 0 Å². The molecule has 0 spiro atoms. The van der Waals surface area contributed by atoms with E-state index in [1.165, 1.54) is 0 Å². The van der Waals surface area contributed by atoms with Crippen molar-refractivity contribution in [2.75, 3.05) is 20.8 Å². The fourth-order valence-electron chi connectivity index (χ4n) is 1.11. The topological polar surface area (TPSA) is 55.6 Å². The first-order valence-electron chi connectivity index (χ1n) is 4.66. The number of nitrogens with zero attached hydrogens (tertiary/aromatic N) is 1. The third-order valence-corrected chi connectivity index (χ3v) is 2.15. The second-order valence-electron chi connectivity index (χ2n) is 3.38. The fourth-order valence-corrected chi connectivity index (χ4v) is 1.11. The Morgan fingerprint density at radius 2 is 2.29 bits per heavy atom. The molecule has 0 rings (SSSR count). The Morgan fingerprint density at radius 1 is 1.71 bits per heavy atom. The number of hydrogen-bond acceptors (Lipinski definition) is 3. The highest BCUT2D eigenvalue weighted by molar-refractivity contribution is 5.81. The average Bonchev–Trinajstić information content (AvgIpc) is 2.16. The molecule has 0 saturated heterocycles. The van der Waals surface area contributed by atoms with Gasteiger partial charge in [0.2, 0.25) is 5.91 Å². The lowest BCUT2D eigenvalue weighted by molar-refractivity contribution is -0.133. The summed E-state index contributed by atoms with van der Waals surface area (Å²) in [6.07, 6.45) is 2.15. The van der Waals surface area contributed by atoms with Gasteiger partial charge in [0.15, 0.2) is 0 Å². The average molecular weight is 200 g/mol. The summed E-state index contributed by atoms with van der Waals surface area (Å²) in [5.41, 5.74) is 5.66. The quantitative estimate of drug-likeness (QED) is 0.631. The molecule has 1 amide bonds. The number of ether oxygens (including phenoxy) is 1. The van der Waals surface area contributed by atoms with E-state index in [1.807, 2.05) is 6.92 Å². The van der Waals surface area contributed by atoms with Crippen molar-refractivity contribution in [3.05, 3.63) is 12.7 Å². The van der Waals surface area contributed by atoms with Gasteiger partial charge >= 0.3 is 0 Å². The minimum atomic E-state index is -0.489. The van der Waals surface area contributed by atoms with Crippen molar-refractivity contribution in [1.82, 2.24) is 4.90 Å². The van der Waals surface area contributed by atoms with Crippen molar-refractivity contribution < 1.29 is 9.53 Å². The highest BCUT2D eigenvalue weighted by atomic mass is 16.5. The van der Waals surface area contributed by atoms with E-state index in [4.69, 9.17) is 10.5 Å². The minimum Gasteiger partial charge on any atom is -0.383 e. The smallest absolute Gasteiger partial charge is 0.239 e. The SMILES string of the molecule is C=CCC(N)C(=O)N(C)C(C)COC. The Balaban J connectivity index is 4.15. The van der Waals surface area contributed by atoms with Crippen LogP contribution in [0.1, 0.15) is 13.3 Å². The van der Waals surface area contributed by atoms with Gasteiger partial charge in [0.05, 0.1) is 18.7 Å². The number of carbonyl (C=O) groups is 1. The van der Waals surface area contributed by atoms with E-state index >= 15 is 0 Å². The van der Waals surface area contributed by atoms with E-state index < -0.39 is 6.04 Å². The van der Waals surface area contributed by atoms with Crippen molar-refractivity contribution in [3.63, 3.8) is 0 Å². The number of likely N-dealkylation sites (N-methyl/N-ethyl adjacent to an activating group) is 1. The summed E-state index contributed by atoms with van der Waals surface area (Å²) in [5.74, 6) is -0.0746. The molecule has 0 aromatic rings. The molecule has 4 nitrogen and oxygen atoms in total. The van der Waals surface area contributed by atoms with Gasteiger partial charge in [0.25, 0.3) is 0 Å². The zero-order chi connectivity index (χ0) is 11.1. The second-order valence-corrected chi connectivity index (χ2v) is 3.38. The van der Waals surface area contributed by atoms with Crippen LogP contribution in [0, 0.1) is 0 Å². The van der Waals surface area contributed by atoms with Crippen molar-refractivity contribution in [1.29, 1.82) is 0 Å². The molecule has 0 aliphatic rings. The van der Waals surface area contributed by atoms with Crippen molar-refractivity contribution in [2.45, 2.75) is 25.4 Å². The molecule has 0 saturated carbocycles. The number of rotatable bonds is 6. The lowest BCUT2D eigenvalue weighted by Gasteiger charge is -2.26. The lowest BCUT2D eigenvalue weighted by atomic mass is 10.2. The van der Waals surface area contributed by atoms with Crippen LogP contribution in [0.25, 0.3) is 0 Å². The Labute approximate surface area is 85.7 Å². The Bertz CT molecular complexity index is 195. The predicted molar refractivity (Wildman–Crippen MR) is 56.9 cm³/mol. The summed E-state index contributed by atoms with van der Waals surface area (Å²) in [7, 11) is 3.34. The van der Waals surface area contributed by atoms with Gasteiger partial charge in [0, 0.05) is 14.2 Å². The molecular formula is C10H20N2O2. The van der Waals surface area contributed by atoms with Crippen molar-refractivity contribution in [3.8, 4) is 0 Å². The molecule has 14 heavy (non-hydrogen) atoms. The maximum Gasteiger partial charge on any atom is 0.239 e. The first kappa shape index (κ1) is 13.1. The molecule has 0 aliphatic carbocycles. The largest absolute Gasteiger partial charge is 0.383 e. The molecule has 0 radical (unpaired) electrons. The molecule has 0 aliphatic heterocycles. The van der Waals surface area contributed by atoms with Gasteiger partial charge in [0.1, 0.15) is 0 Å². The summed E-state index contributed by atoms with van der Waals surface area (Å²) >= 11 is 0. The third kappa shape index (κ3) is 3.89. The maximum absolute atomic E-state index is 11.6. The van der Waals surface area contributed by atoms with Gasteiger partial charge in [-0.15, -0.1) is 6.58 Å². The van der Waals surface area contributed by atoms with Gasteiger partial charge in [-0.25, -0.2) is 0 Å². The van der Waals surface area contributed by atoms with Gasteiger partial charge in [-0.2, -0.15) is 0 Å². The van der Waals surface area contributed by atoms with Crippen LogP contribution in [-0.4, -0.2) is 43.7 Å². The summed E-state index contributed by atoms with van der Waals surface area (Å²) in [5, 5.41) is 0. The normalized spacial score (nSPS) is 14.6. The molecule has 0 aromatic heterocycles. The van der Waals surface area contributed by atoms with E-state index in [0.717, 1.165) is 0 Å². The number of hydrogen-bond donors (Lipinski definition) is 1. The van der Waals surface area contributed by atoms with Crippen LogP contribution in [0.2, 0.25) is 0 Å². The van der Waals surface area contributed by atoms with Crippen LogP contribution in [0.3, 0.4) is 0 Å². The molecule has 0 fully saturated rings. The van der Waals surface area contributed by atoms with Crippen molar-refractivity contribution >= 4 is 5.91 Å². The summed E-state index contributed by atoms with van der Waals surface area (Å²) in [6, 6.07) is -0.444. The van der Waals surface area contributed by atoms with Gasteiger partial charge in [-0.1, -0.05) is 6.08 Å². The van der Waals surface area contributed by atoms with Gasteiger partial charge in [-0.3, -0.25) is 4.79 Å². The zero-order valence-corrected chi connectivity index (χ0v) is 9.19. The van der Waals surface area contributed by atoms with Crippen molar-refractivity contribution in [2.24, 2.45) is 5.73 Å². The van der Waals surface area contributed by atoms with Gasteiger partial charge < -0.3 is 15.4 Å². The van der Waals surface area contributed by atoms with E-state index in [-0.39, 0.29) is 11.9 Å². The molecule has 2 unspecified atom stereocenters. The summed E-state index contributed by atoms with van der Waals surface area (Å²) < 4.78 is 4.96. The zero-order valence-electron chi connectivity index (χ0n) is 9.19. The van der Waals surface area contributed by atoms with Crippen LogP contribution in [0.5, 0.6) is 0 Å². The monoisotopic (exact) mass is 200 g/mol. The first-order valence-corrected chi connectivity index (χ1v) is 4.66. The Kier molecular flexibility index (Phi) is 6.16. The molecule has 4 heteroatoms. The second kappa shape index (κ2) is 6.56.